The first-order chi connectivity index (χ1) is 9.22. The van der Waals surface area contributed by atoms with Crippen LogP contribution in [0.5, 0.6) is 0 Å². The lowest BCUT2D eigenvalue weighted by atomic mass is 10.2. The van der Waals surface area contributed by atoms with Gasteiger partial charge in [-0.05, 0) is 25.6 Å². The van der Waals surface area contributed by atoms with Crippen molar-refractivity contribution in [3.63, 3.8) is 0 Å². The Bertz CT molecular complexity index is 427. The Morgan fingerprint density at radius 3 is 2.79 bits per heavy atom. The van der Waals surface area contributed by atoms with E-state index in [0.29, 0.717) is 12.2 Å². The largest absolute Gasteiger partial charge is 0.367 e. The Kier molecular flexibility index (Phi) is 4.74. The maximum atomic E-state index is 12.1. The Hall–Kier alpha value is -1.62. The zero-order valence-corrected chi connectivity index (χ0v) is 11.7. The van der Waals surface area contributed by atoms with Gasteiger partial charge >= 0.3 is 0 Å². The Morgan fingerprint density at radius 1 is 1.37 bits per heavy atom. The molecule has 1 aromatic heterocycles. The van der Waals surface area contributed by atoms with E-state index in [1.165, 1.54) is 0 Å². The van der Waals surface area contributed by atoms with Crippen molar-refractivity contribution < 1.29 is 4.79 Å². The van der Waals surface area contributed by atoms with Crippen LogP contribution in [0.1, 0.15) is 23.8 Å². The maximum Gasteiger partial charge on any atom is 0.272 e. The third-order valence-corrected chi connectivity index (χ3v) is 3.38. The van der Waals surface area contributed by atoms with Crippen molar-refractivity contribution in [3.8, 4) is 0 Å². The molecule has 2 heterocycles. The molecule has 1 aliphatic heterocycles. The normalized spacial score (nSPS) is 16.4. The predicted molar refractivity (Wildman–Crippen MR) is 76.6 cm³/mol. The van der Waals surface area contributed by atoms with E-state index < -0.39 is 0 Å². The molecular weight excluding hydrogens is 240 g/mol. The number of hydrogen-bond donors (Lipinski definition) is 1. The molecule has 5 heteroatoms. The number of amides is 1. The summed E-state index contributed by atoms with van der Waals surface area (Å²) in [5.74, 6) is -0.0728. The minimum Gasteiger partial charge on any atom is -0.367 e. The molecule has 5 nitrogen and oxygen atoms in total. The van der Waals surface area contributed by atoms with Gasteiger partial charge in [-0.2, -0.15) is 0 Å². The Morgan fingerprint density at radius 2 is 2.11 bits per heavy atom. The molecule has 0 unspecified atom stereocenters. The maximum absolute atomic E-state index is 12.1. The number of carbonyl (C=O) groups is 1. The number of nitrogens with zero attached hydrogens (tertiary/aromatic N) is 3. The predicted octanol–water partition coefficient (Wildman–Crippen LogP) is 0.973. The topological polar surface area (TPSA) is 48.5 Å². The van der Waals surface area contributed by atoms with Crippen molar-refractivity contribution in [2.75, 3.05) is 44.7 Å². The number of nitrogens with one attached hydrogen (secondary N) is 1. The molecule has 2 rings (SSSR count). The van der Waals surface area contributed by atoms with Crippen LogP contribution in [0.2, 0.25) is 0 Å². The molecule has 0 spiro atoms. The summed E-state index contributed by atoms with van der Waals surface area (Å²) < 4.78 is 0. The standard InChI is InChI=1S/C14H22N4O/c1-3-6-16-14(19)13-12(5-4-7-15-13)18-10-8-17(2)9-11-18/h4-5,7H,3,6,8-11H2,1-2H3,(H,16,19). The molecule has 0 bridgehead atoms. The first-order valence-corrected chi connectivity index (χ1v) is 6.89. The van der Waals surface area contributed by atoms with Crippen LogP contribution in [0.3, 0.4) is 0 Å². The van der Waals surface area contributed by atoms with Gasteiger partial charge in [0.2, 0.25) is 0 Å². The lowest BCUT2D eigenvalue weighted by molar-refractivity contribution is 0.0949. The van der Waals surface area contributed by atoms with E-state index in [9.17, 15) is 4.79 Å². The molecule has 0 atom stereocenters. The van der Waals surface area contributed by atoms with E-state index in [0.717, 1.165) is 38.3 Å². The van der Waals surface area contributed by atoms with Gasteiger partial charge in [-0.1, -0.05) is 6.92 Å². The highest BCUT2D eigenvalue weighted by Crippen LogP contribution is 2.19. The molecule has 1 fully saturated rings. The third-order valence-electron chi connectivity index (χ3n) is 3.38. The number of pyridine rings is 1. The number of anilines is 1. The van der Waals surface area contributed by atoms with Crippen molar-refractivity contribution in [1.29, 1.82) is 0 Å². The molecule has 104 valence electrons. The SMILES string of the molecule is CCCNC(=O)c1ncccc1N1CCN(C)CC1. The van der Waals surface area contributed by atoms with Crippen molar-refractivity contribution in [2.24, 2.45) is 0 Å². The second-order valence-corrected chi connectivity index (χ2v) is 4.92. The number of likely N-dealkylation sites (N-methyl/N-ethyl adjacent to an activating group) is 1. The van der Waals surface area contributed by atoms with Gasteiger partial charge in [0.1, 0.15) is 0 Å². The van der Waals surface area contributed by atoms with Crippen molar-refractivity contribution in [1.82, 2.24) is 15.2 Å². The first-order valence-electron chi connectivity index (χ1n) is 6.89. The van der Waals surface area contributed by atoms with Crippen LogP contribution < -0.4 is 10.2 Å². The number of piperazine rings is 1. The van der Waals surface area contributed by atoms with Crippen molar-refractivity contribution >= 4 is 11.6 Å². The Balaban J connectivity index is 2.14. The van der Waals surface area contributed by atoms with Crippen molar-refractivity contribution in [2.45, 2.75) is 13.3 Å². The van der Waals surface area contributed by atoms with Gasteiger partial charge in [0, 0.05) is 38.9 Å². The Labute approximate surface area is 114 Å². The van der Waals surface area contributed by atoms with Gasteiger partial charge in [0.05, 0.1) is 5.69 Å². The molecule has 1 N–H and O–H groups in total. The van der Waals surface area contributed by atoms with Gasteiger partial charge in [-0.3, -0.25) is 4.79 Å². The minimum absolute atomic E-state index is 0.0728. The lowest BCUT2D eigenvalue weighted by Gasteiger charge is -2.34. The zero-order chi connectivity index (χ0) is 13.7. The van der Waals surface area contributed by atoms with Crippen molar-refractivity contribution in [3.05, 3.63) is 24.0 Å². The average molecular weight is 262 g/mol. The van der Waals surface area contributed by atoms with Crippen LogP contribution in [0, 0.1) is 0 Å². The van der Waals surface area contributed by atoms with Gasteiger partial charge in [-0.25, -0.2) is 4.98 Å². The first kappa shape index (κ1) is 13.8. The van der Waals surface area contributed by atoms with Gasteiger partial charge < -0.3 is 15.1 Å². The number of carbonyl (C=O) groups excluding carboxylic acids is 1. The molecule has 0 radical (unpaired) electrons. The van der Waals surface area contributed by atoms with Crippen LogP contribution in [0.4, 0.5) is 5.69 Å². The quantitative estimate of drug-likeness (QED) is 0.878. The molecule has 0 aromatic carbocycles. The molecule has 1 aromatic rings. The fourth-order valence-corrected chi connectivity index (χ4v) is 2.20. The molecular formula is C14H22N4O. The molecule has 1 saturated heterocycles. The molecule has 0 aliphatic carbocycles. The highest BCUT2D eigenvalue weighted by molar-refractivity contribution is 5.97. The van der Waals surface area contributed by atoms with Gasteiger partial charge in [0.15, 0.2) is 5.69 Å². The molecule has 0 saturated carbocycles. The van der Waals surface area contributed by atoms with E-state index in [4.69, 9.17) is 0 Å². The van der Waals surface area contributed by atoms with Crippen LogP contribution in [0.25, 0.3) is 0 Å². The van der Waals surface area contributed by atoms with Crippen LogP contribution in [-0.2, 0) is 0 Å². The monoisotopic (exact) mass is 262 g/mol. The highest BCUT2D eigenvalue weighted by atomic mass is 16.1. The van der Waals surface area contributed by atoms with Crippen LogP contribution >= 0.6 is 0 Å². The third kappa shape index (κ3) is 3.44. The number of aromatic nitrogens is 1. The van der Waals surface area contributed by atoms with E-state index in [2.05, 4.69) is 27.1 Å². The molecule has 1 aliphatic rings. The molecule has 1 amide bonds. The summed E-state index contributed by atoms with van der Waals surface area (Å²) in [6.45, 7) is 6.65. The second kappa shape index (κ2) is 6.52. The summed E-state index contributed by atoms with van der Waals surface area (Å²) in [5.41, 5.74) is 1.49. The summed E-state index contributed by atoms with van der Waals surface area (Å²) in [7, 11) is 2.12. The summed E-state index contributed by atoms with van der Waals surface area (Å²) in [5, 5.41) is 2.90. The highest BCUT2D eigenvalue weighted by Gasteiger charge is 2.20. The number of rotatable bonds is 4. The van der Waals surface area contributed by atoms with Gasteiger partial charge in [0.25, 0.3) is 5.91 Å². The smallest absolute Gasteiger partial charge is 0.272 e. The van der Waals surface area contributed by atoms with E-state index in [1.807, 2.05) is 19.1 Å². The van der Waals surface area contributed by atoms with Crippen LogP contribution in [-0.4, -0.2) is 55.6 Å². The summed E-state index contributed by atoms with van der Waals surface area (Å²) in [6, 6.07) is 3.88. The average Bonchev–Trinajstić information content (AvgIpc) is 2.45. The molecule has 19 heavy (non-hydrogen) atoms. The fraction of sp³-hybridized carbons (Fsp3) is 0.571. The van der Waals surface area contributed by atoms with E-state index >= 15 is 0 Å². The van der Waals surface area contributed by atoms with E-state index in [-0.39, 0.29) is 5.91 Å². The fourth-order valence-electron chi connectivity index (χ4n) is 2.20. The summed E-state index contributed by atoms with van der Waals surface area (Å²) >= 11 is 0. The second-order valence-electron chi connectivity index (χ2n) is 4.92. The minimum atomic E-state index is -0.0728. The zero-order valence-electron chi connectivity index (χ0n) is 11.7. The van der Waals surface area contributed by atoms with Gasteiger partial charge in [-0.15, -0.1) is 0 Å². The summed E-state index contributed by atoms with van der Waals surface area (Å²) in [4.78, 5) is 20.9. The lowest BCUT2D eigenvalue weighted by Crippen LogP contribution is -2.45. The number of hydrogen-bond acceptors (Lipinski definition) is 4. The van der Waals surface area contributed by atoms with E-state index in [1.54, 1.807) is 6.20 Å². The summed E-state index contributed by atoms with van der Waals surface area (Å²) in [6.07, 6.45) is 2.61. The van der Waals surface area contributed by atoms with Crippen LogP contribution in [0.15, 0.2) is 18.3 Å².